The first-order chi connectivity index (χ1) is 15.6. The Morgan fingerprint density at radius 1 is 0.781 bits per heavy atom. The summed E-state index contributed by atoms with van der Waals surface area (Å²) in [6.07, 6.45) is 7.50. The number of unbranched alkanes of at least 4 members (excludes halogenated alkanes) is 2. The maximum atomic E-state index is 14.9. The molecule has 1 fully saturated rings. The molecule has 0 bridgehead atoms. The first-order valence-electron chi connectivity index (χ1n) is 11.8. The van der Waals surface area contributed by atoms with Gasteiger partial charge in [0.1, 0.15) is 0 Å². The molecule has 0 spiro atoms. The molecule has 3 aromatic carbocycles. The Morgan fingerprint density at radius 2 is 1.38 bits per heavy atom. The highest BCUT2D eigenvalue weighted by Crippen LogP contribution is 2.34. The van der Waals surface area contributed by atoms with Crippen LogP contribution in [0.15, 0.2) is 60.7 Å². The standard InChI is InChI=1S/C29H32F2O/c1-3-4-5-6-25-16-15-24(19-32-25)21-11-13-23(14-12-21)27-18-17-26(28(30)29(27)31)22-9-7-20(2)8-10-22/h7-14,17-18,24-25H,3-6,15-16,19H2,1-2H3. The highest BCUT2D eigenvalue weighted by atomic mass is 19.2. The molecule has 1 heterocycles. The fourth-order valence-corrected chi connectivity index (χ4v) is 4.58. The van der Waals surface area contributed by atoms with E-state index in [1.54, 1.807) is 12.1 Å². The van der Waals surface area contributed by atoms with Crippen LogP contribution in [0.25, 0.3) is 22.3 Å². The number of rotatable bonds is 7. The van der Waals surface area contributed by atoms with Crippen molar-refractivity contribution in [2.45, 2.75) is 64.4 Å². The second-order valence-corrected chi connectivity index (χ2v) is 9.00. The monoisotopic (exact) mass is 434 g/mol. The summed E-state index contributed by atoms with van der Waals surface area (Å²) in [6.45, 7) is 4.93. The Labute approximate surface area is 190 Å². The Balaban J connectivity index is 1.45. The van der Waals surface area contributed by atoms with E-state index >= 15 is 0 Å². The van der Waals surface area contributed by atoms with E-state index in [0.29, 0.717) is 28.7 Å². The largest absolute Gasteiger partial charge is 0.378 e. The van der Waals surface area contributed by atoms with E-state index in [9.17, 15) is 8.78 Å². The van der Waals surface area contributed by atoms with Crippen LogP contribution >= 0.6 is 0 Å². The van der Waals surface area contributed by atoms with E-state index in [0.717, 1.165) is 31.4 Å². The third-order valence-corrected chi connectivity index (χ3v) is 6.64. The average Bonchev–Trinajstić information content (AvgIpc) is 2.82. The van der Waals surface area contributed by atoms with Crippen LogP contribution in [0.2, 0.25) is 0 Å². The van der Waals surface area contributed by atoms with Crippen molar-refractivity contribution in [3.8, 4) is 22.3 Å². The zero-order valence-electron chi connectivity index (χ0n) is 19.0. The molecule has 1 saturated heterocycles. The minimum absolute atomic E-state index is 0.288. The van der Waals surface area contributed by atoms with Crippen LogP contribution in [0.5, 0.6) is 0 Å². The Kier molecular flexibility index (Phi) is 7.36. The summed E-state index contributed by atoms with van der Waals surface area (Å²) < 4.78 is 35.9. The minimum Gasteiger partial charge on any atom is -0.378 e. The highest BCUT2D eigenvalue weighted by molar-refractivity contribution is 5.72. The van der Waals surface area contributed by atoms with E-state index in [1.807, 2.05) is 55.5 Å². The van der Waals surface area contributed by atoms with E-state index < -0.39 is 11.6 Å². The van der Waals surface area contributed by atoms with E-state index in [-0.39, 0.29) is 5.56 Å². The normalized spacial score (nSPS) is 18.6. The Morgan fingerprint density at radius 3 is 1.91 bits per heavy atom. The fourth-order valence-electron chi connectivity index (χ4n) is 4.58. The van der Waals surface area contributed by atoms with Crippen molar-refractivity contribution >= 4 is 0 Å². The summed E-state index contributed by atoms with van der Waals surface area (Å²) in [5.41, 5.74) is 4.24. The molecule has 0 N–H and O–H groups in total. The molecule has 4 rings (SSSR count). The first-order valence-corrected chi connectivity index (χ1v) is 11.8. The van der Waals surface area contributed by atoms with E-state index in [4.69, 9.17) is 4.74 Å². The summed E-state index contributed by atoms with van der Waals surface area (Å²) in [5.74, 6) is -1.23. The number of hydrogen-bond acceptors (Lipinski definition) is 1. The topological polar surface area (TPSA) is 9.23 Å². The van der Waals surface area contributed by atoms with Crippen molar-refractivity contribution in [1.82, 2.24) is 0 Å². The molecule has 2 atom stereocenters. The molecule has 0 aromatic heterocycles. The van der Waals surface area contributed by atoms with Crippen molar-refractivity contribution in [1.29, 1.82) is 0 Å². The van der Waals surface area contributed by atoms with Crippen molar-refractivity contribution in [2.24, 2.45) is 0 Å². The summed E-state index contributed by atoms with van der Waals surface area (Å²) >= 11 is 0. The van der Waals surface area contributed by atoms with Crippen molar-refractivity contribution in [3.05, 3.63) is 83.4 Å². The molecular weight excluding hydrogens is 402 g/mol. The van der Waals surface area contributed by atoms with Crippen LogP contribution in [0.1, 0.15) is 62.5 Å². The predicted octanol–water partition coefficient (Wildman–Crippen LogP) is 8.45. The van der Waals surface area contributed by atoms with Gasteiger partial charge in [0.2, 0.25) is 0 Å². The van der Waals surface area contributed by atoms with Gasteiger partial charge >= 0.3 is 0 Å². The molecule has 1 nitrogen and oxygen atoms in total. The van der Waals surface area contributed by atoms with Gasteiger partial charge in [0.25, 0.3) is 0 Å². The highest BCUT2D eigenvalue weighted by Gasteiger charge is 2.23. The van der Waals surface area contributed by atoms with Gasteiger partial charge in [-0.15, -0.1) is 0 Å². The van der Waals surface area contributed by atoms with Crippen molar-refractivity contribution in [3.63, 3.8) is 0 Å². The second kappa shape index (κ2) is 10.4. The lowest BCUT2D eigenvalue weighted by atomic mass is 9.89. The first kappa shape index (κ1) is 22.7. The maximum absolute atomic E-state index is 14.9. The lowest BCUT2D eigenvalue weighted by molar-refractivity contribution is -0.00207. The van der Waals surface area contributed by atoms with Crippen molar-refractivity contribution in [2.75, 3.05) is 6.61 Å². The molecule has 2 unspecified atom stereocenters. The molecule has 0 saturated carbocycles. The number of benzene rings is 3. The Hall–Kier alpha value is -2.52. The number of aryl methyl sites for hydroxylation is 1. The van der Waals surface area contributed by atoms with Crippen LogP contribution in [0.3, 0.4) is 0 Å². The number of ether oxygens (including phenoxy) is 1. The molecule has 1 aliphatic heterocycles. The summed E-state index contributed by atoms with van der Waals surface area (Å²) in [5, 5.41) is 0. The zero-order chi connectivity index (χ0) is 22.5. The predicted molar refractivity (Wildman–Crippen MR) is 128 cm³/mol. The van der Waals surface area contributed by atoms with Crippen LogP contribution in [0, 0.1) is 18.6 Å². The van der Waals surface area contributed by atoms with Gasteiger partial charge in [0, 0.05) is 17.0 Å². The van der Waals surface area contributed by atoms with Gasteiger partial charge in [0.15, 0.2) is 11.6 Å². The summed E-state index contributed by atoms with van der Waals surface area (Å²) in [6, 6.07) is 18.7. The molecule has 1 aliphatic rings. The Bertz CT molecular complexity index is 1020. The van der Waals surface area contributed by atoms with Gasteiger partial charge in [-0.2, -0.15) is 0 Å². The SMILES string of the molecule is CCCCCC1CCC(c2ccc(-c3ccc(-c4ccc(C)cc4)c(F)c3F)cc2)CO1. The van der Waals surface area contributed by atoms with E-state index in [1.165, 1.54) is 24.8 Å². The fraction of sp³-hybridized carbons (Fsp3) is 0.379. The molecule has 3 aromatic rings. The van der Waals surface area contributed by atoms with Gasteiger partial charge in [-0.25, -0.2) is 8.78 Å². The van der Waals surface area contributed by atoms with Crippen LogP contribution in [0.4, 0.5) is 8.78 Å². The van der Waals surface area contributed by atoms with Gasteiger partial charge in [-0.05, 0) is 42.9 Å². The molecular formula is C29H32F2O. The molecule has 3 heteroatoms. The molecule has 32 heavy (non-hydrogen) atoms. The molecule has 0 radical (unpaired) electrons. The number of hydrogen-bond donors (Lipinski definition) is 0. The summed E-state index contributed by atoms with van der Waals surface area (Å²) in [7, 11) is 0. The molecule has 0 amide bonds. The van der Waals surface area contributed by atoms with Gasteiger partial charge in [-0.3, -0.25) is 0 Å². The minimum atomic E-state index is -0.801. The van der Waals surface area contributed by atoms with Crippen LogP contribution in [-0.2, 0) is 4.74 Å². The second-order valence-electron chi connectivity index (χ2n) is 9.00. The van der Waals surface area contributed by atoms with Gasteiger partial charge < -0.3 is 4.74 Å². The third-order valence-electron chi connectivity index (χ3n) is 6.64. The van der Waals surface area contributed by atoms with Gasteiger partial charge in [0.05, 0.1) is 12.7 Å². The average molecular weight is 435 g/mol. The molecule has 0 aliphatic carbocycles. The van der Waals surface area contributed by atoms with Crippen LogP contribution in [-0.4, -0.2) is 12.7 Å². The smallest absolute Gasteiger partial charge is 0.167 e. The quantitative estimate of drug-likeness (QED) is 0.339. The maximum Gasteiger partial charge on any atom is 0.167 e. The van der Waals surface area contributed by atoms with Gasteiger partial charge in [-0.1, -0.05) is 92.4 Å². The van der Waals surface area contributed by atoms with Crippen molar-refractivity contribution < 1.29 is 13.5 Å². The number of halogens is 2. The zero-order valence-corrected chi connectivity index (χ0v) is 19.0. The van der Waals surface area contributed by atoms with Crippen LogP contribution < -0.4 is 0 Å². The lowest BCUT2D eigenvalue weighted by Gasteiger charge is -2.29. The lowest BCUT2D eigenvalue weighted by Crippen LogP contribution is -2.24. The summed E-state index contributed by atoms with van der Waals surface area (Å²) in [4.78, 5) is 0. The molecule has 168 valence electrons. The van der Waals surface area contributed by atoms with E-state index in [2.05, 4.69) is 6.92 Å². The third kappa shape index (κ3) is 5.10.